The minimum absolute atomic E-state index is 0.602. The molecule has 1 aliphatic rings. The first-order valence-corrected chi connectivity index (χ1v) is 7.22. The van der Waals surface area contributed by atoms with Gasteiger partial charge in [-0.25, -0.2) is 0 Å². The van der Waals surface area contributed by atoms with E-state index in [0.29, 0.717) is 13.2 Å². The Balaban J connectivity index is 1.69. The summed E-state index contributed by atoms with van der Waals surface area (Å²) in [5.41, 5.74) is 1.81. The van der Waals surface area contributed by atoms with Crippen LogP contribution < -0.4 is 10.1 Å². The summed E-state index contributed by atoms with van der Waals surface area (Å²) in [6.45, 7) is 5.42. The maximum absolute atomic E-state index is 11.2. The van der Waals surface area contributed by atoms with Crippen LogP contribution in [0.25, 0.3) is 0 Å². The summed E-state index contributed by atoms with van der Waals surface area (Å²) in [7, 11) is 0. The van der Waals surface area contributed by atoms with Crippen molar-refractivity contribution in [2.75, 3.05) is 13.2 Å². The van der Waals surface area contributed by atoms with Crippen LogP contribution in [0, 0.1) is 13.8 Å². The number of aliphatic carboxylic acids is 1. The first kappa shape index (κ1) is 14.9. The van der Waals surface area contributed by atoms with Gasteiger partial charge in [-0.1, -0.05) is 6.07 Å². The van der Waals surface area contributed by atoms with Gasteiger partial charge in [0.1, 0.15) is 11.3 Å². The fraction of sp³-hybridized carbons (Fsp3) is 0.562. The van der Waals surface area contributed by atoms with Gasteiger partial charge in [-0.3, -0.25) is 4.79 Å². The molecule has 0 amide bonds. The molecule has 1 aromatic carbocycles. The van der Waals surface area contributed by atoms with Crippen molar-refractivity contribution in [1.82, 2.24) is 5.32 Å². The van der Waals surface area contributed by atoms with E-state index in [0.717, 1.165) is 31.4 Å². The zero-order chi connectivity index (χ0) is 14.6. The third kappa shape index (κ3) is 3.31. The number of hydrogen-bond acceptors (Lipinski definition) is 3. The number of hydrogen-bond donors (Lipinski definition) is 2. The second kappa shape index (κ2) is 6.27. The van der Waals surface area contributed by atoms with Crippen LogP contribution in [0.2, 0.25) is 0 Å². The molecule has 2 N–H and O–H groups in total. The van der Waals surface area contributed by atoms with Crippen LogP contribution >= 0.6 is 0 Å². The Labute approximate surface area is 120 Å². The van der Waals surface area contributed by atoms with Crippen molar-refractivity contribution in [3.05, 3.63) is 29.3 Å². The van der Waals surface area contributed by atoms with E-state index < -0.39 is 11.5 Å². The van der Waals surface area contributed by atoms with E-state index in [2.05, 4.69) is 25.2 Å². The summed E-state index contributed by atoms with van der Waals surface area (Å²) in [5.74, 6) is 0.156. The second-order valence-corrected chi connectivity index (χ2v) is 5.62. The molecule has 0 heterocycles. The quantitative estimate of drug-likeness (QED) is 0.752. The van der Waals surface area contributed by atoms with Crippen LogP contribution in [0.3, 0.4) is 0 Å². The van der Waals surface area contributed by atoms with Gasteiger partial charge in [-0.05, 0) is 69.3 Å². The predicted octanol–water partition coefficient (Wildman–Crippen LogP) is 2.67. The van der Waals surface area contributed by atoms with Crippen LogP contribution in [0.5, 0.6) is 5.75 Å². The number of rotatable bonds is 7. The summed E-state index contributed by atoms with van der Waals surface area (Å²) in [5, 5.41) is 12.3. The average Bonchev–Trinajstić information content (AvgIpc) is 2.35. The molecular weight excluding hydrogens is 254 g/mol. The smallest absolute Gasteiger partial charge is 0.323 e. The van der Waals surface area contributed by atoms with E-state index in [4.69, 9.17) is 4.74 Å². The van der Waals surface area contributed by atoms with Crippen molar-refractivity contribution in [3.8, 4) is 5.75 Å². The number of ether oxygens (including phenoxy) is 1. The molecule has 0 aliphatic heterocycles. The normalized spacial score (nSPS) is 16.5. The fourth-order valence-electron chi connectivity index (χ4n) is 2.39. The van der Waals surface area contributed by atoms with Gasteiger partial charge in [-0.2, -0.15) is 0 Å². The molecule has 110 valence electrons. The topological polar surface area (TPSA) is 58.6 Å². The molecule has 0 spiro atoms. The van der Waals surface area contributed by atoms with Gasteiger partial charge < -0.3 is 15.2 Å². The van der Waals surface area contributed by atoms with E-state index in [1.54, 1.807) is 0 Å². The molecular formula is C16H23NO3. The van der Waals surface area contributed by atoms with Crippen molar-refractivity contribution in [2.24, 2.45) is 0 Å². The molecule has 0 radical (unpaired) electrons. The highest BCUT2D eigenvalue weighted by molar-refractivity contribution is 5.79. The predicted molar refractivity (Wildman–Crippen MR) is 78.2 cm³/mol. The maximum Gasteiger partial charge on any atom is 0.323 e. The lowest BCUT2D eigenvalue weighted by Crippen LogP contribution is -2.57. The molecule has 1 saturated carbocycles. The average molecular weight is 277 g/mol. The Kier molecular flexibility index (Phi) is 4.65. The molecule has 0 unspecified atom stereocenters. The Morgan fingerprint density at radius 2 is 2.10 bits per heavy atom. The summed E-state index contributed by atoms with van der Waals surface area (Å²) in [6, 6.07) is 6.06. The number of carboxylic acid groups (broad SMARTS) is 1. The molecule has 0 atom stereocenters. The summed E-state index contributed by atoms with van der Waals surface area (Å²) in [6.07, 6.45) is 3.28. The molecule has 1 fully saturated rings. The second-order valence-electron chi connectivity index (χ2n) is 5.62. The fourth-order valence-corrected chi connectivity index (χ4v) is 2.39. The van der Waals surface area contributed by atoms with Crippen LogP contribution in [-0.4, -0.2) is 29.8 Å². The van der Waals surface area contributed by atoms with E-state index in [-0.39, 0.29) is 0 Å². The highest BCUT2D eigenvalue weighted by Crippen LogP contribution is 2.31. The van der Waals surface area contributed by atoms with Gasteiger partial charge in [0.25, 0.3) is 0 Å². The SMILES string of the molecule is Cc1ccc(OCCCNC2(C(=O)O)CCC2)cc1C. The molecule has 2 rings (SSSR count). The van der Waals surface area contributed by atoms with Gasteiger partial charge >= 0.3 is 5.97 Å². The van der Waals surface area contributed by atoms with Crippen LogP contribution in [0.4, 0.5) is 0 Å². The Bertz CT molecular complexity index is 481. The number of aryl methyl sites for hydroxylation is 2. The lowest BCUT2D eigenvalue weighted by molar-refractivity contribution is -0.148. The van der Waals surface area contributed by atoms with E-state index in [9.17, 15) is 9.90 Å². The highest BCUT2D eigenvalue weighted by atomic mass is 16.5. The lowest BCUT2D eigenvalue weighted by atomic mass is 9.77. The Morgan fingerprint density at radius 3 is 2.65 bits per heavy atom. The minimum atomic E-state index is -0.723. The number of carbonyl (C=O) groups is 1. The molecule has 1 aromatic rings. The zero-order valence-electron chi connectivity index (χ0n) is 12.2. The molecule has 4 heteroatoms. The standard InChI is InChI=1S/C16H23NO3/c1-12-5-6-14(11-13(12)2)20-10-4-9-17-16(15(18)19)7-3-8-16/h5-6,11,17H,3-4,7-10H2,1-2H3,(H,18,19). The van der Waals surface area contributed by atoms with Gasteiger partial charge in [0.2, 0.25) is 0 Å². The first-order chi connectivity index (χ1) is 9.53. The number of carboxylic acids is 1. The third-order valence-corrected chi connectivity index (χ3v) is 4.15. The van der Waals surface area contributed by atoms with Crippen LogP contribution in [-0.2, 0) is 4.79 Å². The van der Waals surface area contributed by atoms with Crippen molar-refractivity contribution in [3.63, 3.8) is 0 Å². The van der Waals surface area contributed by atoms with Gasteiger partial charge in [0.05, 0.1) is 6.61 Å². The Hall–Kier alpha value is -1.55. The summed E-state index contributed by atoms with van der Waals surface area (Å²) in [4.78, 5) is 11.2. The monoisotopic (exact) mass is 277 g/mol. The maximum atomic E-state index is 11.2. The van der Waals surface area contributed by atoms with E-state index in [1.807, 2.05) is 12.1 Å². The van der Waals surface area contributed by atoms with Gasteiger partial charge in [-0.15, -0.1) is 0 Å². The van der Waals surface area contributed by atoms with E-state index >= 15 is 0 Å². The molecule has 0 saturated heterocycles. The molecule has 20 heavy (non-hydrogen) atoms. The van der Waals surface area contributed by atoms with Crippen LogP contribution in [0.15, 0.2) is 18.2 Å². The highest BCUT2D eigenvalue weighted by Gasteiger charge is 2.43. The van der Waals surface area contributed by atoms with Crippen molar-refractivity contribution < 1.29 is 14.6 Å². The zero-order valence-corrected chi connectivity index (χ0v) is 12.2. The molecule has 0 bridgehead atoms. The molecule has 1 aliphatic carbocycles. The number of benzene rings is 1. The summed E-state index contributed by atoms with van der Waals surface area (Å²) < 4.78 is 5.68. The van der Waals surface area contributed by atoms with Gasteiger partial charge in [0, 0.05) is 0 Å². The number of nitrogens with one attached hydrogen (secondary N) is 1. The molecule has 4 nitrogen and oxygen atoms in total. The van der Waals surface area contributed by atoms with Crippen molar-refractivity contribution in [2.45, 2.75) is 45.1 Å². The largest absolute Gasteiger partial charge is 0.494 e. The Morgan fingerprint density at radius 1 is 1.35 bits per heavy atom. The third-order valence-electron chi connectivity index (χ3n) is 4.15. The van der Waals surface area contributed by atoms with Crippen LogP contribution in [0.1, 0.15) is 36.8 Å². The summed E-state index contributed by atoms with van der Waals surface area (Å²) >= 11 is 0. The van der Waals surface area contributed by atoms with Crippen molar-refractivity contribution in [1.29, 1.82) is 0 Å². The lowest BCUT2D eigenvalue weighted by Gasteiger charge is -2.38. The molecule has 0 aromatic heterocycles. The minimum Gasteiger partial charge on any atom is -0.494 e. The first-order valence-electron chi connectivity index (χ1n) is 7.22. The van der Waals surface area contributed by atoms with Crippen molar-refractivity contribution >= 4 is 5.97 Å². The van der Waals surface area contributed by atoms with E-state index in [1.165, 1.54) is 11.1 Å². The van der Waals surface area contributed by atoms with Gasteiger partial charge in [0.15, 0.2) is 0 Å².